The Bertz CT molecular complexity index is 506. The van der Waals surface area contributed by atoms with E-state index in [9.17, 15) is 4.79 Å². The van der Waals surface area contributed by atoms with Crippen LogP contribution in [0.15, 0.2) is 0 Å². The molecule has 0 aromatic rings. The molecular formula is C23H40O3. The van der Waals surface area contributed by atoms with E-state index in [-0.39, 0.29) is 11.4 Å². The Kier molecular flexibility index (Phi) is 5.52. The predicted octanol–water partition coefficient (Wildman–Crippen LogP) is 5.67. The summed E-state index contributed by atoms with van der Waals surface area (Å²) in [5, 5.41) is 0. The van der Waals surface area contributed by atoms with Gasteiger partial charge < -0.3 is 9.47 Å². The van der Waals surface area contributed by atoms with Gasteiger partial charge in [-0.15, -0.1) is 0 Å². The predicted molar refractivity (Wildman–Crippen MR) is 104 cm³/mol. The largest absolute Gasteiger partial charge is 0.436 e. The van der Waals surface area contributed by atoms with Gasteiger partial charge in [-0.05, 0) is 80.5 Å². The van der Waals surface area contributed by atoms with Crippen LogP contribution in [0.4, 0.5) is 0 Å². The molecule has 7 atom stereocenters. The van der Waals surface area contributed by atoms with E-state index in [1.54, 1.807) is 0 Å². The minimum Gasteiger partial charge on any atom is -0.436 e. The van der Waals surface area contributed by atoms with Crippen LogP contribution in [0, 0.1) is 46.3 Å². The molecule has 4 aliphatic carbocycles. The van der Waals surface area contributed by atoms with Gasteiger partial charge in [-0.1, -0.05) is 41.0 Å². The second kappa shape index (κ2) is 7.11. The first-order valence-electron chi connectivity index (χ1n) is 10.9. The molecule has 150 valence electrons. The second-order valence-corrected chi connectivity index (χ2v) is 11.0. The van der Waals surface area contributed by atoms with E-state index in [0.29, 0.717) is 5.92 Å². The fourth-order valence-corrected chi connectivity index (χ4v) is 6.54. The maximum Gasteiger partial charge on any atom is 0.314 e. The van der Waals surface area contributed by atoms with Crippen molar-refractivity contribution >= 4 is 5.97 Å². The third kappa shape index (κ3) is 3.70. The number of rotatable bonds is 8. The van der Waals surface area contributed by atoms with E-state index in [4.69, 9.17) is 9.47 Å². The van der Waals surface area contributed by atoms with Crippen LogP contribution in [0.3, 0.4) is 0 Å². The Morgan fingerprint density at radius 1 is 1.04 bits per heavy atom. The molecule has 4 rings (SSSR count). The molecule has 26 heavy (non-hydrogen) atoms. The number of esters is 1. The number of hydrogen-bond acceptors (Lipinski definition) is 3. The molecule has 0 spiro atoms. The molecule has 4 bridgehead atoms. The highest BCUT2D eigenvalue weighted by Gasteiger charge is 2.59. The first kappa shape index (κ1) is 20.2. The standard InChI is InChI=1S/C23H40O3/c1-8-14(2)23(7,13-22(4,5)6)21(24)26-15(3)25-12-20-18-10-16-9-17(18)11-19(16)20/h14-20H,8-13H2,1-7H3. The molecule has 0 aliphatic heterocycles. The zero-order valence-electron chi connectivity index (χ0n) is 18.0. The molecule has 3 nitrogen and oxygen atoms in total. The average Bonchev–Trinajstić information content (AvgIpc) is 3.26. The monoisotopic (exact) mass is 364 g/mol. The first-order valence-corrected chi connectivity index (χ1v) is 10.9. The molecule has 4 saturated carbocycles. The molecular weight excluding hydrogens is 324 g/mol. The highest BCUT2D eigenvalue weighted by Crippen LogP contribution is 2.65. The summed E-state index contributed by atoms with van der Waals surface area (Å²) in [7, 11) is 0. The number of carbonyl (C=O) groups excluding carboxylic acids is 1. The van der Waals surface area contributed by atoms with E-state index in [0.717, 1.165) is 49.0 Å². The molecule has 4 fully saturated rings. The van der Waals surface area contributed by atoms with Gasteiger partial charge in [-0.3, -0.25) is 4.79 Å². The van der Waals surface area contributed by atoms with Gasteiger partial charge in [0.15, 0.2) is 6.29 Å². The zero-order valence-corrected chi connectivity index (χ0v) is 18.0. The number of ether oxygens (including phenoxy) is 2. The van der Waals surface area contributed by atoms with Gasteiger partial charge in [0, 0.05) is 0 Å². The summed E-state index contributed by atoms with van der Waals surface area (Å²) in [6.07, 6.45) is 5.69. The van der Waals surface area contributed by atoms with Crippen LogP contribution in [0.1, 0.15) is 80.6 Å². The van der Waals surface area contributed by atoms with Crippen molar-refractivity contribution in [1.82, 2.24) is 0 Å². The molecule has 0 N–H and O–H groups in total. The van der Waals surface area contributed by atoms with Gasteiger partial charge >= 0.3 is 5.97 Å². The molecule has 3 heteroatoms. The van der Waals surface area contributed by atoms with Gasteiger partial charge in [0.1, 0.15) is 0 Å². The zero-order chi connectivity index (χ0) is 19.3. The Morgan fingerprint density at radius 3 is 2.08 bits per heavy atom. The minimum absolute atomic E-state index is 0.0887. The van der Waals surface area contributed by atoms with E-state index >= 15 is 0 Å². The van der Waals surface area contributed by atoms with E-state index < -0.39 is 11.7 Å². The highest BCUT2D eigenvalue weighted by atomic mass is 16.7. The van der Waals surface area contributed by atoms with Crippen LogP contribution in [-0.2, 0) is 14.3 Å². The summed E-state index contributed by atoms with van der Waals surface area (Å²) < 4.78 is 11.9. The van der Waals surface area contributed by atoms with Crippen molar-refractivity contribution in [3.05, 3.63) is 0 Å². The fourth-order valence-electron chi connectivity index (χ4n) is 6.54. The third-order valence-electron chi connectivity index (χ3n) is 7.93. The van der Waals surface area contributed by atoms with Crippen molar-refractivity contribution in [2.75, 3.05) is 6.61 Å². The lowest BCUT2D eigenvalue weighted by Gasteiger charge is -2.38. The van der Waals surface area contributed by atoms with Crippen LogP contribution in [-0.4, -0.2) is 18.9 Å². The van der Waals surface area contributed by atoms with Gasteiger partial charge in [-0.2, -0.15) is 0 Å². The number of carbonyl (C=O) groups is 1. The lowest BCUT2D eigenvalue weighted by Crippen LogP contribution is -2.41. The molecule has 0 heterocycles. The highest BCUT2D eigenvalue weighted by molar-refractivity contribution is 5.77. The summed E-state index contributed by atoms with van der Waals surface area (Å²) >= 11 is 0. The van der Waals surface area contributed by atoms with E-state index in [1.807, 2.05) is 6.92 Å². The average molecular weight is 365 g/mol. The van der Waals surface area contributed by atoms with Crippen LogP contribution in [0.2, 0.25) is 0 Å². The lowest BCUT2D eigenvalue weighted by molar-refractivity contribution is -0.193. The van der Waals surface area contributed by atoms with Crippen molar-refractivity contribution in [2.45, 2.75) is 86.9 Å². The second-order valence-electron chi connectivity index (χ2n) is 11.0. The minimum atomic E-state index is -0.460. The Morgan fingerprint density at radius 2 is 1.62 bits per heavy atom. The van der Waals surface area contributed by atoms with E-state index in [1.165, 1.54) is 19.3 Å². The quantitative estimate of drug-likeness (QED) is 0.411. The molecule has 0 amide bonds. The fraction of sp³-hybridized carbons (Fsp3) is 0.957. The molecule has 0 aromatic heterocycles. The van der Waals surface area contributed by atoms with Crippen LogP contribution < -0.4 is 0 Å². The summed E-state index contributed by atoms with van der Waals surface area (Å²) in [5.74, 6) is 4.63. The van der Waals surface area contributed by atoms with Crippen molar-refractivity contribution in [3.63, 3.8) is 0 Å². The van der Waals surface area contributed by atoms with Crippen LogP contribution in [0.5, 0.6) is 0 Å². The van der Waals surface area contributed by atoms with Crippen molar-refractivity contribution in [1.29, 1.82) is 0 Å². The first-order chi connectivity index (χ1) is 12.0. The smallest absolute Gasteiger partial charge is 0.314 e. The topological polar surface area (TPSA) is 35.5 Å². The van der Waals surface area contributed by atoms with Crippen LogP contribution >= 0.6 is 0 Å². The van der Waals surface area contributed by atoms with Gasteiger partial charge in [-0.25, -0.2) is 0 Å². The Labute approximate surface area is 160 Å². The van der Waals surface area contributed by atoms with Crippen molar-refractivity contribution < 1.29 is 14.3 Å². The number of hydrogen-bond donors (Lipinski definition) is 0. The Balaban J connectivity index is 1.53. The van der Waals surface area contributed by atoms with Crippen molar-refractivity contribution in [2.24, 2.45) is 46.3 Å². The van der Waals surface area contributed by atoms with Crippen molar-refractivity contribution in [3.8, 4) is 0 Å². The molecule has 0 saturated heterocycles. The summed E-state index contributed by atoms with van der Waals surface area (Å²) in [6.45, 7) is 15.7. The summed E-state index contributed by atoms with van der Waals surface area (Å²) in [5.41, 5.74) is -0.371. The third-order valence-corrected chi connectivity index (χ3v) is 7.93. The van der Waals surface area contributed by atoms with Crippen LogP contribution in [0.25, 0.3) is 0 Å². The molecule has 7 unspecified atom stereocenters. The van der Waals surface area contributed by atoms with E-state index in [2.05, 4.69) is 41.5 Å². The summed E-state index contributed by atoms with van der Waals surface area (Å²) in [4.78, 5) is 13.0. The van der Waals surface area contributed by atoms with Gasteiger partial charge in [0.05, 0.1) is 12.0 Å². The Hall–Kier alpha value is -0.570. The lowest BCUT2D eigenvalue weighted by atomic mass is 9.67. The van der Waals surface area contributed by atoms with Gasteiger partial charge in [0.25, 0.3) is 0 Å². The maximum atomic E-state index is 13.0. The molecule has 0 aromatic carbocycles. The summed E-state index contributed by atoms with van der Waals surface area (Å²) in [6, 6.07) is 0. The molecule has 0 radical (unpaired) electrons. The SMILES string of the molecule is CCC(C)C(C)(CC(C)(C)C)C(=O)OC(C)OCC1C2CC3CC2CC31. The molecule has 4 aliphatic rings. The van der Waals surface area contributed by atoms with Gasteiger partial charge in [0.2, 0.25) is 0 Å². The maximum absolute atomic E-state index is 13.0. The normalized spacial score (nSPS) is 37.0.